The smallest absolute Gasteiger partial charge is 0.433 e. The van der Waals surface area contributed by atoms with Gasteiger partial charge in [0, 0.05) is 48.1 Å². The Balaban J connectivity index is 1.29. The monoisotopic (exact) mass is 715 g/mol. The highest BCUT2D eigenvalue weighted by Crippen LogP contribution is 2.60. The number of cyclic esters (lactones) is 1. The van der Waals surface area contributed by atoms with Crippen molar-refractivity contribution in [2.75, 3.05) is 11.9 Å². The number of esters is 1. The first-order chi connectivity index (χ1) is 24.7. The van der Waals surface area contributed by atoms with E-state index in [0.29, 0.717) is 48.0 Å². The van der Waals surface area contributed by atoms with Gasteiger partial charge in [0.1, 0.15) is 35.6 Å². The van der Waals surface area contributed by atoms with Crippen LogP contribution in [-0.2, 0) is 38.3 Å². The first-order valence-electron chi connectivity index (χ1n) is 17.0. The predicted molar refractivity (Wildman–Crippen MR) is 182 cm³/mol. The van der Waals surface area contributed by atoms with Gasteiger partial charge in [0.25, 0.3) is 0 Å². The number of alkyl halides is 3. The van der Waals surface area contributed by atoms with E-state index in [4.69, 9.17) is 4.74 Å². The molecule has 2 fully saturated rings. The minimum absolute atomic E-state index is 0.00439. The van der Waals surface area contributed by atoms with Crippen LogP contribution in [0.5, 0.6) is 0 Å². The number of carbonyl (C=O) groups excluding carboxylic acids is 4. The van der Waals surface area contributed by atoms with Crippen LogP contribution in [0.1, 0.15) is 72.2 Å². The van der Waals surface area contributed by atoms with Crippen molar-refractivity contribution in [2.45, 2.75) is 84.1 Å². The molecule has 1 saturated carbocycles. The van der Waals surface area contributed by atoms with Crippen molar-refractivity contribution >= 4 is 40.3 Å². The summed E-state index contributed by atoms with van der Waals surface area (Å²) < 4.78 is 47.6. The van der Waals surface area contributed by atoms with Gasteiger partial charge in [-0.1, -0.05) is 18.2 Å². The Morgan fingerprint density at radius 3 is 2.54 bits per heavy atom. The van der Waals surface area contributed by atoms with E-state index in [1.807, 2.05) is 24.3 Å². The molecule has 2 amide bonds. The fraction of sp³-hybridized carbons (Fsp3) is 0.405. The third-order valence-electron chi connectivity index (χ3n) is 10.1. The second-order valence-corrected chi connectivity index (χ2v) is 13.8. The predicted octanol–water partition coefficient (Wildman–Crippen LogP) is 5.55. The number of nitrogens with zero attached hydrogens (tertiary/aromatic N) is 6. The second kappa shape index (κ2) is 13.3. The largest absolute Gasteiger partial charge is 0.465 e. The lowest BCUT2D eigenvalue weighted by Crippen LogP contribution is -2.47. The number of amides is 2. The van der Waals surface area contributed by atoms with E-state index >= 15 is 0 Å². The number of Topliss-reactive ketones (excluding diaryl/α,β-unsaturated/α-hetero) is 1. The molecule has 0 spiro atoms. The van der Waals surface area contributed by atoms with Gasteiger partial charge in [0.15, 0.2) is 5.78 Å². The van der Waals surface area contributed by atoms with Gasteiger partial charge >= 0.3 is 12.1 Å². The molecule has 3 atom stereocenters. The van der Waals surface area contributed by atoms with Gasteiger partial charge in [-0.3, -0.25) is 23.9 Å². The number of hydrogen-bond acceptors (Lipinski definition) is 9. The van der Waals surface area contributed by atoms with Crippen LogP contribution in [0.4, 0.5) is 19.0 Å². The van der Waals surface area contributed by atoms with E-state index in [1.54, 1.807) is 19.3 Å². The third-order valence-corrected chi connectivity index (χ3v) is 10.1. The van der Waals surface area contributed by atoms with Crippen LogP contribution >= 0.6 is 0 Å². The molecule has 5 heterocycles. The summed E-state index contributed by atoms with van der Waals surface area (Å²) in [6.07, 6.45) is 4.98. The molecule has 15 heteroatoms. The Morgan fingerprint density at radius 2 is 1.81 bits per heavy atom. The molecule has 0 radical (unpaired) electrons. The number of pyridine rings is 1. The standard InChI is InChI=1S/C37H36F3N7O5/c1-20-10-11-28(37(38,39)40)43-34(20)44-35(51)27-14-36-15-29(36)47(27)30(49)18-46-33-23(8-6-4-5-7-9-31(50)52-19-36)12-24(25-16-41-22(3)42-17-25)13-26(33)32(45-46)21(2)48/h4,6,10-13,16-17,27,29H,5,7-9,14-15,18-19H2,1-3H3,(H,43,44,51)/b6-4+/t27-,29+,36-/m0/s1. The molecule has 0 unspecified atom stereocenters. The zero-order valence-corrected chi connectivity index (χ0v) is 28.8. The highest BCUT2D eigenvalue weighted by molar-refractivity contribution is 6.07. The van der Waals surface area contributed by atoms with E-state index in [0.717, 1.165) is 22.8 Å². The van der Waals surface area contributed by atoms with Gasteiger partial charge in [-0.25, -0.2) is 15.0 Å². The molecule has 7 rings (SSSR count). The number of ether oxygens (including phenoxy) is 1. The SMILES string of the molecule is CC(=O)c1nn2c3c(cc(-c4cnc(C)nc4)cc13)C/C=C/CCCC(=O)OC[C@@]13C[C@@H](C(=O)Nc4nc(C(F)(F)F)ccc4C)N(C(=O)C2)[C@@H]1C3. The minimum atomic E-state index is -4.73. The van der Waals surface area contributed by atoms with E-state index in [1.165, 1.54) is 29.5 Å². The highest BCUT2D eigenvalue weighted by Gasteiger charge is 2.68. The molecular formula is C37H36F3N7O5. The number of anilines is 1. The fourth-order valence-corrected chi connectivity index (χ4v) is 7.27. The van der Waals surface area contributed by atoms with Gasteiger partial charge in [0.2, 0.25) is 11.8 Å². The summed E-state index contributed by atoms with van der Waals surface area (Å²) in [6, 6.07) is 4.27. The average molecular weight is 716 g/mol. The molecule has 3 aromatic heterocycles. The second-order valence-electron chi connectivity index (χ2n) is 13.8. The highest BCUT2D eigenvalue weighted by atomic mass is 19.4. The molecule has 270 valence electrons. The van der Waals surface area contributed by atoms with Crippen LogP contribution in [-0.4, -0.2) is 71.9 Å². The third kappa shape index (κ3) is 6.66. The maximum atomic E-state index is 14.4. The fourth-order valence-electron chi connectivity index (χ4n) is 7.27. The Labute approximate surface area is 296 Å². The van der Waals surface area contributed by atoms with Crippen molar-refractivity contribution in [3.8, 4) is 11.1 Å². The van der Waals surface area contributed by atoms with Crippen molar-refractivity contribution in [1.82, 2.24) is 29.6 Å². The van der Waals surface area contributed by atoms with Gasteiger partial charge < -0.3 is 15.0 Å². The lowest BCUT2D eigenvalue weighted by Gasteiger charge is -2.27. The van der Waals surface area contributed by atoms with Crippen LogP contribution in [0, 0.1) is 19.3 Å². The van der Waals surface area contributed by atoms with Crippen LogP contribution in [0.3, 0.4) is 0 Å². The van der Waals surface area contributed by atoms with Gasteiger partial charge in [-0.15, -0.1) is 0 Å². The van der Waals surface area contributed by atoms with Crippen LogP contribution in [0.15, 0.2) is 48.8 Å². The molecule has 1 aliphatic carbocycles. The molecule has 2 bridgehead atoms. The molecule has 12 nitrogen and oxygen atoms in total. The normalized spacial score (nSPS) is 22.8. The number of hydrogen-bond donors (Lipinski definition) is 1. The van der Waals surface area contributed by atoms with Gasteiger partial charge in [-0.05, 0) is 80.8 Å². The Bertz CT molecular complexity index is 2150. The van der Waals surface area contributed by atoms with Crippen LogP contribution in [0.25, 0.3) is 22.0 Å². The molecule has 2 aliphatic heterocycles. The maximum absolute atomic E-state index is 14.4. The number of benzene rings is 1. The lowest BCUT2D eigenvalue weighted by molar-refractivity contribution is -0.145. The summed E-state index contributed by atoms with van der Waals surface area (Å²) in [7, 11) is 0. The van der Waals surface area contributed by atoms with Gasteiger partial charge in [0.05, 0.1) is 12.1 Å². The summed E-state index contributed by atoms with van der Waals surface area (Å²) in [6.45, 7) is 4.37. The summed E-state index contributed by atoms with van der Waals surface area (Å²) in [4.78, 5) is 67.7. The Kier molecular flexibility index (Phi) is 8.91. The molecule has 4 aromatic rings. The number of rotatable bonds is 4. The van der Waals surface area contributed by atoms with Crippen LogP contribution < -0.4 is 5.32 Å². The summed E-state index contributed by atoms with van der Waals surface area (Å²) >= 11 is 0. The van der Waals surface area contributed by atoms with Crippen LogP contribution in [0.2, 0.25) is 0 Å². The molecule has 1 saturated heterocycles. The molecule has 1 aromatic carbocycles. The summed E-state index contributed by atoms with van der Waals surface area (Å²) in [5, 5.41) is 7.70. The lowest BCUT2D eigenvalue weighted by atomic mass is 9.98. The first kappa shape index (κ1) is 35.0. The molecule has 52 heavy (non-hydrogen) atoms. The number of piperidine rings is 1. The first-order valence-corrected chi connectivity index (χ1v) is 17.0. The summed E-state index contributed by atoms with van der Waals surface area (Å²) in [5.41, 5.74) is 1.48. The van der Waals surface area contributed by atoms with Gasteiger partial charge in [-0.2, -0.15) is 18.3 Å². The quantitative estimate of drug-likeness (QED) is 0.163. The minimum Gasteiger partial charge on any atom is -0.465 e. The van der Waals surface area contributed by atoms with E-state index in [9.17, 15) is 32.3 Å². The molecule has 1 N–H and O–H groups in total. The summed E-state index contributed by atoms with van der Waals surface area (Å²) in [5.74, 6) is -1.54. The Hall–Kier alpha value is -5.47. The number of aryl methyl sites for hydroxylation is 2. The topological polar surface area (TPSA) is 149 Å². The average Bonchev–Trinajstić information content (AvgIpc) is 3.50. The van der Waals surface area contributed by atoms with E-state index in [-0.39, 0.29) is 49.3 Å². The number of carbonyl (C=O) groups is 4. The van der Waals surface area contributed by atoms with E-state index < -0.39 is 41.2 Å². The van der Waals surface area contributed by atoms with Crippen molar-refractivity contribution < 1.29 is 37.1 Å². The van der Waals surface area contributed by atoms with Crippen molar-refractivity contribution in [1.29, 1.82) is 0 Å². The number of nitrogens with one attached hydrogen (secondary N) is 1. The maximum Gasteiger partial charge on any atom is 0.433 e. The number of aromatic nitrogens is 5. The zero-order valence-electron chi connectivity index (χ0n) is 28.8. The molecule has 3 aliphatic rings. The number of allylic oxidation sites excluding steroid dienone is 2. The number of halogens is 3. The van der Waals surface area contributed by atoms with Crippen molar-refractivity contribution in [3.63, 3.8) is 0 Å². The van der Waals surface area contributed by atoms with Crippen molar-refractivity contribution in [3.05, 3.63) is 77.2 Å². The zero-order chi connectivity index (χ0) is 36.9. The van der Waals surface area contributed by atoms with Crippen molar-refractivity contribution in [2.24, 2.45) is 5.41 Å². The number of ketones is 1. The molecular weight excluding hydrogens is 679 g/mol. The Morgan fingerprint density at radius 1 is 1.04 bits per heavy atom. The van der Waals surface area contributed by atoms with E-state index in [2.05, 4.69) is 25.4 Å².